The van der Waals surface area contributed by atoms with Crippen molar-refractivity contribution in [3.63, 3.8) is 0 Å². The lowest BCUT2D eigenvalue weighted by molar-refractivity contribution is 0.102. The van der Waals surface area contributed by atoms with Crippen molar-refractivity contribution in [2.75, 3.05) is 12.4 Å². The standard InChI is InChI=1S/C24H22Cl2N2O/c1-27-23-12-10-18(16-7-11-21(25)22(26)13-16)19-9-8-17(14-20(19)23)28-24(29)15-5-3-2-4-6-15/h2-9,11,13-14,18,23,27H,10,12H2,1H3,(H,28,29). The first-order chi connectivity index (χ1) is 14.1. The van der Waals surface area contributed by atoms with E-state index >= 15 is 0 Å². The molecule has 0 heterocycles. The fourth-order valence-corrected chi connectivity index (χ4v) is 4.39. The quantitative estimate of drug-likeness (QED) is 0.506. The minimum Gasteiger partial charge on any atom is -0.322 e. The number of amides is 1. The van der Waals surface area contributed by atoms with Crippen molar-refractivity contribution >= 4 is 34.8 Å². The molecule has 148 valence electrons. The van der Waals surface area contributed by atoms with E-state index in [0.29, 0.717) is 15.6 Å². The average Bonchev–Trinajstić information content (AvgIpc) is 2.75. The lowest BCUT2D eigenvalue weighted by Gasteiger charge is -2.32. The second kappa shape index (κ2) is 8.58. The summed E-state index contributed by atoms with van der Waals surface area (Å²) < 4.78 is 0. The Bertz CT molecular complexity index is 1040. The van der Waals surface area contributed by atoms with Crippen LogP contribution in [-0.2, 0) is 0 Å². The molecule has 0 spiro atoms. The second-order valence-electron chi connectivity index (χ2n) is 7.31. The van der Waals surface area contributed by atoms with Crippen molar-refractivity contribution in [1.82, 2.24) is 5.32 Å². The lowest BCUT2D eigenvalue weighted by Crippen LogP contribution is -2.24. The van der Waals surface area contributed by atoms with Gasteiger partial charge in [-0.25, -0.2) is 0 Å². The number of carbonyl (C=O) groups excluding carboxylic acids is 1. The van der Waals surface area contributed by atoms with Crippen LogP contribution >= 0.6 is 23.2 Å². The minimum absolute atomic E-state index is 0.108. The molecule has 1 aliphatic rings. The summed E-state index contributed by atoms with van der Waals surface area (Å²) in [5, 5.41) is 7.57. The first-order valence-corrected chi connectivity index (χ1v) is 10.4. The number of benzene rings is 3. The van der Waals surface area contributed by atoms with E-state index in [1.54, 1.807) is 0 Å². The average molecular weight is 425 g/mol. The highest BCUT2D eigenvalue weighted by molar-refractivity contribution is 6.42. The van der Waals surface area contributed by atoms with Crippen LogP contribution in [0, 0.1) is 0 Å². The molecule has 1 amide bonds. The van der Waals surface area contributed by atoms with E-state index in [2.05, 4.69) is 22.8 Å². The Morgan fingerprint density at radius 1 is 0.897 bits per heavy atom. The van der Waals surface area contributed by atoms with Crippen molar-refractivity contribution in [3.8, 4) is 0 Å². The molecule has 0 radical (unpaired) electrons. The lowest BCUT2D eigenvalue weighted by atomic mass is 9.76. The van der Waals surface area contributed by atoms with Crippen LogP contribution in [-0.4, -0.2) is 13.0 Å². The number of hydrogen-bond acceptors (Lipinski definition) is 2. The van der Waals surface area contributed by atoms with E-state index in [1.165, 1.54) is 11.1 Å². The van der Waals surface area contributed by atoms with Gasteiger partial charge in [0.2, 0.25) is 0 Å². The predicted molar refractivity (Wildman–Crippen MR) is 120 cm³/mol. The van der Waals surface area contributed by atoms with Crippen LogP contribution in [0.5, 0.6) is 0 Å². The van der Waals surface area contributed by atoms with Crippen LogP contribution in [0.1, 0.15) is 51.8 Å². The number of carbonyl (C=O) groups is 1. The molecule has 3 aromatic carbocycles. The summed E-state index contributed by atoms with van der Waals surface area (Å²) in [6.07, 6.45) is 2.02. The van der Waals surface area contributed by atoms with Gasteiger partial charge in [0.1, 0.15) is 0 Å². The van der Waals surface area contributed by atoms with Crippen molar-refractivity contribution < 1.29 is 4.79 Å². The van der Waals surface area contributed by atoms with Gasteiger partial charge in [-0.1, -0.05) is 53.5 Å². The molecule has 3 nitrogen and oxygen atoms in total. The molecule has 0 fully saturated rings. The van der Waals surface area contributed by atoms with Gasteiger partial charge in [0.15, 0.2) is 0 Å². The zero-order valence-electron chi connectivity index (χ0n) is 16.1. The van der Waals surface area contributed by atoms with Gasteiger partial charge in [0.05, 0.1) is 10.0 Å². The topological polar surface area (TPSA) is 41.1 Å². The maximum absolute atomic E-state index is 12.5. The van der Waals surface area contributed by atoms with Crippen LogP contribution in [0.4, 0.5) is 5.69 Å². The Labute approximate surface area is 181 Å². The van der Waals surface area contributed by atoms with E-state index in [-0.39, 0.29) is 17.9 Å². The van der Waals surface area contributed by atoms with Gasteiger partial charge in [-0.3, -0.25) is 4.79 Å². The molecular weight excluding hydrogens is 403 g/mol. The number of nitrogens with one attached hydrogen (secondary N) is 2. The smallest absolute Gasteiger partial charge is 0.255 e. The zero-order chi connectivity index (χ0) is 20.4. The van der Waals surface area contributed by atoms with Gasteiger partial charge < -0.3 is 10.6 Å². The highest BCUT2D eigenvalue weighted by atomic mass is 35.5. The first kappa shape index (κ1) is 20.0. The number of rotatable bonds is 4. The Balaban J connectivity index is 1.66. The summed E-state index contributed by atoms with van der Waals surface area (Å²) >= 11 is 12.4. The predicted octanol–water partition coefficient (Wildman–Crippen LogP) is 6.43. The SMILES string of the molecule is CNC1CCC(c2ccc(Cl)c(Cl)c2)c2ccc(NC(=O)c3ccccc3)cc21. The summed E-state index contributed by atoms with van der Waals surface area (Å²) in [6.45, 7) is 0. The Morgan fingerprint density at radius 3 is 2.41 bits per heavy atom. The largest absolute Gasteiger partial charge is 0.322 e. The highest BCUT2D eigenvalue weighted by Crippen LogP contribution is 2.43. The van der Waals surface area contributed by atoms with E-state index in [4.69, 9.17) is 23.2 Å². The highest BCUT2D eigenvalue weighted by Gasteiger charge is 2.28. The Morgan fingerprint density at radius 2 is 1.69 bits per heavy atom. The molecule has 0 bridgehead atoms. The number of halogens is 2. The van der Waals surface area contributed by atoms with Gasteiger partial charge in [0, 0.05) is 23.2 Å². The second-order valence-corrected chi connectivity index (χ2v) is 8.12. The fourth-order valence-electron chi connectivity index (χ4n) is 4.08. The molecule has 0 aromatic heterocycles. The maximum Gasteiger partial charge on any atom is 0.255 e. The van der Waals surface area contributed by atoms with E-state index in [0.717, 1.165) is 24.1 Å². The first-order valence-electron chi connectivity index (χ1n) is 9.69. The molecule has 2 unspecified atom stereocenters. The molecule has 3 aromatic rings. The summed E-state index contributed by atoms with van der Waals surface area (Å²) in [4.78, 5) is 12.5. The molecule has 4 rings (SSSR count). The third-order valence-corrected chi connectivity index (χ3v) is 6.31. The van der Waals surface area contributed by atoms with E-state index in [9.17, 15) is 4.79 Å². The summed E-state index contributed by atoms with van der Waals surface area (Å²) in [5.41, 5.74) is 5.07. The van der Waals surface area contributed by atoms with Crippen molar-refractivity contribution in [1.29, 1.82) is 0 Å². The monoisotopic (exact) mass is 424 g/mol. The molecule has 29 heavy (non-hydrogen) atoms. The Kier molecular flexibility index (Phi) is 5.91. The molecule has 2 N–H and O–H groups in total. The third kappa shape index (κ3) is 4.18. The molecule has 1 aliphatic carbocycles. The molecular formula is C24H22Cl2N2O. The normalized spacial score (nSPS) is 18.2. The Hall–Kier alpha value is -2.33. The van der Waals surface area contributed by atoms with Gasteiger partial charge in [-0.2, -0.15) is 0 Å². The minimum atomic E-state index is -0.108. The van der Waals surface area contributed by atoms with Crippen molar-refractivity contribution in [3.05, 3.63) is 99.0 Å². The van der Waals surface area contributed by atoms with Crippen LogP contribution in [0.3, 0.4) is 0 Å². The zero-order valence-corrected chi connectivity index (χ0v) is 17.6. The van der Waals surface area contributed by atoms with Crippen LogP contribution < -0.4 is 10.6 Å². The van der Waals surface area contributed by atoms with Crippen LogP contribution in [0.25, 0.3) is 0 Å². The fraction of sp³-hybridized carbons (Fsp3) is 0.208. The van der Waals surface area contributed by atoms with Crippen LogP contribution in [0.15, 0.2) is 66.7 Å². The molecule has 5 heteroatoms. The summed E-state index contributed by atoms with van der Waals surface area (Å²) in [6, 6.07) is 21.5. The molecule has 0 aliphatic heterocycles. The van der Waals surface area contributed by atoms with Crippen LogP contribution in [0.2, 0.25) is 10.0 Å². The summed E-state index contributed by atoms with van der Waals surface area (Å²) in [7, 11) is 1.98. The number of anilines is 1. The summed E-state index contributed by atoms with van der Waals surface area (Å²) in [5.74, 6) is 0.145. The maximum atomic E-state index is 12.5. The van der Waals surface area contributed by atoms with E-state index in [1.807, 2.05) is 61.6 Å². The van der Waals surface area contributed by atoms with Gasteiger partial charge in [-0.05, 0) is 73.0 Å². The molecule has 2 atom stereocenters. The van der Waals surface area contributed by atoms with Gasteiger partial charge in [-0.15, -0.1) is 0 Å². The molecule has 0 saturated carbocycles. The third-order valence-electron chi connectivity index (χ3n) is 5.57. The van der Waals surface area contributed by atoms with Gasteiger partial charge >= 0.3 is 0 Å². The number of hydrogen-bond donors (Lipinski definition) is 2. The molecule has 0 saturated heterocycles. The van der Waals surface area contributed by atoms with Crippen molar-refractivity contribution in [2.45, 2.75) is 24.8 Å². The van der Waals surface area contributed by atoms with E-state index < -0.39 is 0 Å². The number of fused-ring (bicyclic) bond motifs is 1. The van der Waals surface area contributed by atoms with Crippen molar-refractivity contribution in [2.24, 2.45) is 0 Å². The van der Waals surface area contributed by atoms with Gasteiger partial charge in [0.25, 0.3) is 5.91 Å².